The number of hydrogen-bond acceptors (Lipinski definition) is 19. The van der Waals surface area contributed by atoms with Crippen LogP contribution in [0.3, 0.4) is 0 Å². The maximum Gasteiger partial charge on any atom is 0.511 e. The van der Waals surface area contributed by atoms with Gasteiger partial charge in [-0.2, -0.15) is 11.8 Å². The summed E-state index contributed by atoms with van der Waals surface area (Å²) in [6.45, 7) is 8.37. The zero-order valence-electron chi connectivity index (χ0n) is 50.2. The average Bonchev–Trinajstić information content (AvgIpc) is 0.757. The number of thioether (sulfide) groups is 1. The Morgan fingerprint density at radius 3 is 1.62 bits per heavy atom. The van der Waals surface area contributed by atoms with Crippen molar-refractivity contribution in [3.8, 4) is 17.2 Å². The van der Waals surface area contributed by atoms with Gasteiger partial charge in [0.15, 0.2) is 28.8 Å². The molecule has 94 heavy (non-hydrogen) atoms. The minimum absolute atomic E-state index is 0. The maximum absolute atomic E-state index is 13.2. The standard InChI is InChI=1S/C28H21Br2N3O4S2.C21H17BrN2O.C19H18Br2N2O4S2.CH4/c1-13(34)21-14(12-39-28-22(21)26(36)25(28)33-20(35)9-15-5-4-8-38-15)11-37-27-17(30)10-16(29)23-24(27)32-19-7-3-2-6-18(19)31-23;1-13-7-9-15(10-8-13)12-25-21-14(2)11-16(22)19-20(21)24-18-6-4-3-5-17(18)23-19;1-2-8-28-29-9-7-25-19(24)27-11-26-18-13(21)10-12(20)16-17(18)23-15-6-4-3-5-14(15)22-16;/h2-8,10,22,25,28H,9,11-12H2,1H3,(H,33,35);3-11H,12H2,1-2H3;3-6,10H,2,7-9,11H2,1H3;1H4/t22?,25-,28+;;;/m1.../s1. The van der Waals surface area contributed by atoms with Gasteiger partial charge in [0.05, 0.1) is 54.4 Å². The molecule has 0 saturated heterocycles. The van der Waals surface area contributed by atoms with Crippen molar-refractivity contribution in [2.24, 2.45) is 5.92 Å². The molecule has 0 bridgehead atoms. The van der Waals surface area contributed by atoms with E-state index >= 15 is 0 Å². The summed E-state index contributed by atoms with van der Waals surface area (Å²) in [4.78, 5) is 79.6. The zero-order valence-corrected chi connectivity index (χ0v) is 61.4. The molecule has 25 heteroatoms. The summed E-state index contributed by atoms with van der Waals surface area (Å²) in [5.74, 6) is 3.09. The van der Waals surface area contributed by atoms with E-state index in [2.05, 4.69) is 133 Å². The summed E-state index contributed by atoms with van der Waals surface area (Å²) >= 11 is 20.9. The Hall–Kier alpha value is -6.29. The third-order valence-corrected chi connectivity index (χ3v) is 22.6. The van der Waals surface area contributed by atoms with Crippen LogP contribution in [0.15, 0.2) is 166 Å². The van der Waals surface area contributed by atoms with Crippen LogP contribution in [0.1, 0.15) is 49.3 Å². The molecule has 1 amide bonds. The summed E-state index contributed by atoms with van der Waals surface area (Å²) in [6.07, 6.45) is 0.602. The number of aryl methyl sites for hydroxylation is 2. The molecule has 0 radical (unpaired) electrons. The van der Waals surface area contributed by atoms with Crippen LogP contribution >= 0.6 is 124 Å². The van der Waals surface area contributed by atoms with Crippen molar-refractivity contribution in [1.82, 2.24) is 35.2 Å². The van der Waals surface area contributed by atoms with Gasteiger partial charge < -0.3 is 29.0 Å². The first-order valence-corrected chi connectivity index (χ1v) is 37.5. The van der Waals surface area contributed by atoms with Crippen molar-refractivity contribution < 1.29 is 42.9 Å². The van der Waals surface area contributed by atoms with E-state index in [1.165, 1.54) is 23.8 Å². The van der Waals surface area contributed by atoms with Crippen LogP contribution < -0.4 is 19.5 Å². The van der Waals surface area contributed by atoms with Crippen LogP contribution in [0.25, 0.3) is 66.2 Å². The summed E-state index contributed by atoms with van der Waals surface area (Å²) in [5.41, 5.74) is 13.6. The van der Waals surface area contributed by atoms with Gasteiger partial charge in [-0.1, -0.05) is 108 Å². The van der Waals surface area contributed by atoms with Gasteiger partial charge in [-0.25, -0.2) is 34.7 Å². The second-order valence-corrected chi connectivity index (χ2v) is 30.5. The third-order valence-electron chi connectivity index (χ3n) is 14.7. The first-order valence-electron chi connectivity index (χ1n) is 29.2. The van der Waals surface area contributed by atoms with E-state index in [0.29, 0.717) is 72.8 Å². The summed E-state index contributed by atoms with van der Waals surface area (Å²) in [6, 6.07) is 40.4. The SMILES string of the molecule is C.CC(=O)C1=C(COc2c(Br)cc(Br)c3nc4ccccc4nc23)CS[C@H]2C1C(=O)[C@H]2NC(=O)Cc1cccs1.CCCSSCCOC(=O)OCOc1c(Br)cc(Br)c2nc3ccccc3nc12.Cc1ccc(COc2c(C)cc(Br)c3nc4ccccc4nc23)cc1. The number of halogens is 5. The lowest BCUT2D eigenvalue weighted by Gasteiger charge is -2.46. The van der Waals surface area contributed by atoms with Crippen LogP contribution in [0.5, 0.6) is 17.2 Å². The number of ether oxygens (including phenoxy) is 5. The predicted molar refractivity (Wildman–Crippen MR) is 398 cm³/mol. The molecule has 2 aliphatic rings. The number of ketones is 2. The number of carbonyl (C=O) groups is 4. The summed E-state index contributed by atoms with van der Waals surface area (Å²) in [7, 11) is 3.44. The van der Waals surface area contributed by atoms with Crippen molar-refractivity contribution in [2.75, 3.05) is 37.3 Å². The fourth-order valence-corrected chi connectivity index (χ4v) is 17.8. The quantitative estimate of drug-likeness (QED) is 0.0263. The van der Waals surface area contributed by atoms with Gasteiger partial charge in [0.2, 0.25) is 12.7 Å². The summed E-state index contributed by atoms with van der Waals surface area (Å²) in [5, 5.41) is 4.65. The Kier molecular flexibility index (Phi) is 24.5. The highest BCUT2D eigenvalue weighted by Gasteiger charge is 2.55. The predicted octanol–water partition coefficient (Wildman–Crippen LogP) is 18.6. The number of Topliss-reactive ketones (excluding diaryl/α,β-unsaturated/α-hetero) is 2. The molecule has 13 rings (SSSR count). The molecule has 3 atom stereocenters. The minimum Gasteiger partial charge on any atom is -0.486 e. The number of aromatic nitrogens is 6. The van der Waals surface area contributed by atoms with Crippen molar-refractivity contribution in [3.05, 3.63) is 188 Å². The molecule has 16 nitrogen and oxygen atoms in total. The molecular formula is C69H60Br5N7O9S4. The molecule has 1 fully saturated rings. The monoisotopic (exact) mass is 1650 g/mol. The smallest absolute Gasteiger partial charge is 0.486 e. The van der Waals surface area contributed by atoms with Crippen LogP contribution in [-0.2, 0) is 36.9 Å². The van der Waals surface area contributed by atoms with Gasteiger partial charge in [-0.15, -0.1) is 11.3 Å². The molecule has 1 saturated carbocycles. The Morgan fingerprint density at radius 1 is 0.596 bits per heavy atom. The zero-order chi connectivity index (χ0) is 65.3. The fraction of sp³-hybridized carbons (Fsp3) is 0.246. The maximum atomic E-state index is 13.2. The molecule has 4 aromatic heterocycles. The highest BCUT2D eigenvalue weighted by atomic mass is 79.9. The van der Waals surface area contributed by atoms with E-state index in [4.69, 9.17) is 43.6 Å². The number of nitrogens with one attached hydrogen (secondary N) is 1. The molecule has 1 aliphatic heterocycles. The highest BCUT2D eigenvalue weighted by Crippen LogP contribution is 2.47. The number of benzene rings is 7. The van der Waals surface area contributed by atoms with Gasteiger partial charge in [0.1, 0.15) is 59.0 Å². The Bertz CT molecular complexity index is 4690. The first kappa shape index (κ1) is 70.5. The van der Waals surface area contributed by atoms with E-state index in [-0.39, 0.29) is 50.0 Å². The fourth-order valence-electron chi connectivity index (χ4n) is 10.3. The second-order valence-electron chi connectivity index (χ2n) is 21.3. The number of amides is 1. The molecule has 11 aromatic rings. The number of hydrogen-bond donors (Lipinski definition) is 1. The highest BCUT2D eigenvalue weighted by molar-refractivity contribution is 9.11. The second kappa shape index (κ2) is 32.6. The average molecular weight is 1660 g/mol. The van der Waals surface area contributed by atoms with E-state index in [9.17, 15) is 19.2 Å². The van der Waals surface area contributed by atoms with Gasteiger partial charge in [-0.3, -0.25) is 14.4 Å². The number of nitrogens with zero attached hydrogens (tertiary/aromatic N) is 6. The number of rotatable bonds is 19. The molecule has 5 heterocycles. The van der Waals surface area contributed by atoms with Gasteiger partial charge in [-0.05, 0) is 190 Å². The van der Waals surface area contributed by atoms with Crippen LogP contribution in [-0.4, -0.2) is 102 Å². The van der Waals surface area contributed by atoms with Crippen molar-refractivity contribution in [3.63, 3.8) is 0 Å². The van der Waals surface area contributed by atoms with Gasteiger partial charge >= 0.3 is 6.16 Å². The lowest BCUT2D eigenvalue weighted by molar-refractivity contribution is -0.135. The van der Waals surface area contributed by atoms with Crippen LogP contribution in [0, 0.1) is 19.8 Å². The third kappa shape index (κ3) is 16.6. The number of allylic oxidation sites excluding steroid dienone is 1. The number of fused-ring (bicyclic) bond motifs is 7. The first-order chi connectivity index (χ1) is 45.0. The molecule has 484 valence electrons. The number of carbonyl (C=O) groups excluding carboxylic acids is 4. The topological polar surface area (TPSA) is 204 Å². The molecule has 7 aromatic carbocycles. The Balaban J connectivity index is 0.000000158. The van der Waals surface area contributed by atoms with E-state index in [1.54, 1.807) is 33.3 Å². The lowest BCUT2D eigenvalue weighted by Crippen LogP contribution is -2.65. The molecule has 0 spiro atoms. The summed E-state index contributed by atoms with van der Waals surface area (Å²) < 4.78 is 32.0. The Morgan fingerprint density at radius 2 is 1.10 bits per heavy atom. The Labute approximate surface area is 600 Å². The lowest BCUT2D eigenvalue weighted by atomic mass is 9.70. The number of para-hydroxylation sites is 6. The van der Waals surface area contributed by atoms with Gasteiger partial charge in [0.25, 0.3) is 0 Å². The van der Waals surface area contributed by atoms with E-state index in [0.717, 1.165) is 97.1 Å². The largest absolute Gasteiger partial charge is 0.511 e. The van der Waals surface area contributed by atoms with E-state index in [1.807, 2.05) is 115 Å². The minimum atomic E-state index is -0.764. The van der Waals surface area contributed by atoms with E-state index < -0.39 is 18.1 Å². The van der Waals surface area contributed by atoms with Crippen molar-refractivity contribution in [2.45, 2.75) is 65.9 Å². The van der Waals surface area contributed by atoms with Crippen molar-refractivity contribution in [1.29, 1.82) is 0 Å². The molecule has 1 unspecified atom stereocenters. The van der Waals surface area contributed by atoms with Crippen LogP contribution in [0.4, 0.5) is 4.79 Å². The number of thiophene rings is 1. The van der Waals surface area contributed by atoms with Gasteiger partial charge in [0, 0.05) is 46.4 Å². The molecule has 1 aliphatic carbocycles. The molecule has 1 N–H and O–H groups in total. The van der Waals surface area contributed by atoms with Crippen LogP contribution in [0.2, 0.25) is 0 Å². The molecular weight excluding hydrogens is 1600 g/mol. The normalized spacial score (nSPS) is 14.9. The van der Waals surface area contributed by atoms with Crippen molar-refractivity contribution >= 4 is 214 Å².